The molecule has 5 heteroatoms. The molecule has 0 saturated carbocycles. The maximum absolute atomic E-state index is 13.3. The molecular weight excluding hydrogens is 259 g/mol. The van der Waals surface area contributed by atoms with Crippen LogP contribution in [-0.4, -0.2) is 12.5 Å². The van der Waals surface area contributed by atoms with Crippen LogP contribution in [-0.2, 0) is 0 Å². The number of halogens is 1. The summed E-state index contributed by atoms with van der Waals surface area (Å²) in [5.74, 6) is -0.341. The number of anilines is 2. The Balaban J connectivity index is 2.13. The molecule has 0 aliphatic heterocycles. The lowest BCUT2D eigenvalue weighted by molar-refractivity contribution is 0.102. The number of hydrogen-bond acceptors (Lipinski definition) is 3. The predicted octanol–water partition coefficient (Wildman–Crippen LogP) is 3.06. The van der Waals surface area contributed by atoms with Crippen molar-refractivity contribution in [2.24, 2.45) is 0 Å². The zero-order valence-corrected chi connectivity index (χ0v) is 11.0. The van der Waals surface area contributed by atoms with Gasteiger partial charge in [0, 0.05) is 5.69 Å². The largest absolute Gasteiger partial charge is 0.494 e. The van der Waals surface area contributed by atoms with Gasteiger partial charge in [-0.2, -0.15) is 0 Å². The highest BCUT2D eigenvalue weighted by Gasteiger charge is 2.12. The molecule has 20 heavy (non-hydrogen) atoms. The van der Waals surface area contributed by atoms with Crippen molar-refractivity contribution in [3.63, 3.8) is 0 Å². The highest BCUT2D eigenvalue weighted by atomic mass is 19.1. The van der Waals surface area contributed by atoms with E-state index in [-0.39, 0.29) is 11.3 Å². The summed E-state index contributed by atoms with van der Waals surface area (Å²) < 4.78 is 18.6. The standard InChI is InChI=1S/C15H15FN2O2/c1-2-20-11-8-6-10(7-9-11)18-15(19)12-4-3-5-13(16)14(12)17/h3-9H,2,17H2,1H3,(H,18,19). The number of para-hydroxylation sites is 1. The lowest BCUT2D eigenvalue weighted by Gasteiger charge is -2.09. The van der Waals surface area contributed by atoms with Crippen molar-refractivity contribution in [3.05, 3.63) is 53.8 Å². The molecule has 0 atom stereocenters. The molecule has 0 aromatic heterocycles. The second kappa shape index (κ2) is 6.06. The molecular formula is C15H15FN2O2. The summed E-state index contributed by atoms with van der Waals surface area (Å²) in [4.78, 5) is 12.0. The molecule has 2 aromatic carbocycles. The minimum atomic E-state index is -0.607. The number of hydrogen-bond donors (Lipinski definition) is 2. The molecule has 104 valence electrons. The van der Waals surface area contributed by atoms with Gasteiger partial charge in [0.2, 0.25) is 0 Å². The lowest BCUT2D eigenvalue weighted by atomic mass is 10.1. The SMILES string of the molecule is CCOc1ccc(NC(=O)c2cccc(F)c2N)cc1. The molecule has 1 amide bonds. The van der Waals surface area contributed by atoms with Gasteiger partial charge in [0.05, 0.1) is 17.9 Å². The lowest BCUT2D eigenvalue weighted by Crippen LogP contribution is -2.14. The molecule has 0 unspecified atom stereocenters. The Kier molecular flexibility index (Phi) is 4.20. The van der Waals surface area contributed by atoms with Gasteiger partial charge in [0.15, 0.2) is 0 Å². The van der Waals surface area contributed by atoms with E-state index >= 15 is 0 Å². The highest BCUT2D eigenvalue weighted by Crippen LogP contribution is 2.19. The van der Waals surface area contributed by atoms with E-state index in [9.17, 15) is 9.18 Å². The predicted molar refractivity (Wildman–Crippen MR) is 76.4 cm³/mol. The Morgan fingerprint density at radius 1 is 1.25 bits per heavy atom. The number of ether oxygens (including phenoxy) is 1. The van der Waals surface area contributed by atoms with Crippen molar-refractivity contribution >= 4 is 17.3 Å². The van der Waals surface area contributed by atoms with Crippen LogP contribution in [0.2, 0.25) is 0 Å². The fourth-order valence-electron chi connectivity index (χ4n) is 1.73. The summed E-state index contributed by atoms with van der Waals surface area (Å²) in [6.07, 6.45) is 0. The minimum Gasteiger partial charge on any atom is -0.494 e. The topological polar surface area (TPSA) is 64.3 Å². The molecule has 2 rings (SSSR count). The van der Waals surface area contributed by atoms with Gasteiger partial charge in [-0.3, -0.25) is 4.79 Å². The van der Waals surface area contributed by atoms with E-state index in [1.807, 2.05) is 6.92 Å². The smallest absolute Gasteiger partial charge is 0.257 e. The third-order valence-electron chi connectivity index (χ3n) is 2.72. The van der Waals surface area contributed by atoms with Crippen molar-refractivity contribution in [1.29, 1.82) is 0 Å². The fraction of sp³-hybridized carbons (Fsp3) is 0.133. The first-order chi connectivity index (χ1) is 9.61. The van der Waals surface area contributed by atoms with Crippen LogP contribution < -0.4 is 15.8 Å². The van der Waals surface area contributed by atoms with E-state index in [0.717, 1.165) is 5.75 Å². The number of amides is 1. The number of nitrogens with two attached hydrogens (primary N) is 1. The molecule has 4 nitrogen and oxygen atoms in total. The molecule has 0 saturated heterocycles. The van der Waals surface area contributed by atoms with Crippen molar-refractivity contribution in [2.75, 3.05) is 17.7 Å². The van der Waals surface area contributed by atoms with Gasteiger partial charge < -0.3 is 15.8 Å². The Labute approximate surface area is 116 Å². The average molecular weight is 274 g/mol. The monoisotopic (exact) mass is 274 g/mol. The Morgan fingerprint density at radius 3 is 2.60 bits per heavy atom. The second-order valence-electron chi connectivity index (χ2n) is 4.11. The summed E-state index contributed by atoms with van der Waals surface area (Å²) in [5.41, 5.74) is 6.08. The Bertz CT molecular complexity index is 612. The molecule has 2 aromatic rings. The second-order valence-corrected chi connectivity index (χ2v) is 4.11. The van der Waals surface area contributed by atoms with E-state index in [1.165, 1.54) is 18.2 Å². The van der Waals surface area contributed by atoms with Crippen LogP contribution in [0.15, 0.2) is 42.5 Å². The van der Waals surface area contributed by atoms with Crippen LogP contribution in [0.1, 0.15) is 17.3 Å². The van der Waals surface area contributed by atoms with E-state index in [4.69, 9.17) is 10.5 Å². The molecule has 0 spiro atoms. The quantitative estimate of drug-likeness (QED) is 0.842. The van der Waals surface area contributed by atoms with Gasteiger partial charge >= 0.3 is 0 Å². The van der Waals surface area contributed by atoms with E-state index in [1.54, 1.807) is 24.3 Å². The summed E-state index contributed by atoms with van der Waals surface area (Å²) in [7, 11) is 0. The first-order valence-corrected chi connectivity index (χ1v) is 6.20. The number of benzene rings is 2. The Hall–Kier alpha value is -2.56. The Morgan fingerprint density at radius 2 is 1.95 bits per heavy atom. The third kappa shape index (κ3) is 3.06. The van der Waals surface area contributed by atoms with Crippen LogP contribution in [0.25, 0.3) is 0 Å². The zero-order chi connectivity index (χ0) is 14.5. The molecule has 0 heterocycles. The number of nitrogen functional groups attached to an aromatic ring is 1. The number of carbonyl (C=O) groups is 1. The first kappa shape index (κ1) is 13.9. The van der Waals surface area contributed by atoms with Crippen molar-refractivity contribution in [2.45, 2.75) is 6.92 Å². The van der Waals surface area contributed by atoms with Crippen LogP contribution >= 0.6 is 0 Å². The molecule has 0 fully saturated rings. The van der Waals surface area contributed by atoms with Crippen LogP contribution in [0, 0.1) is 5.82 Å². The van der Waals surface area contributed by atoms with Crippen molar-refractivity contribution < 1.29 is 13.9 Å². The molecule has 0 aliphatic carbocycles. The van der Waals surface area contributed by atoms with E-state index in [0.29, 0.717) is 12.3 Å². The maximum atomic E-state index is 13.3. The molecule has 0 radical (unpaired) electrons. The van der Waals surface area contributed by atoms with Crippen LogP contribution in [0.3, 0.4) is 0 Å². The summed E-state index contributed by atoms with van der Waals surface area (Å²) >= 11 is 0. The molecule has 3 N–H and O–H groups in total. The summed E-state index contributed by atoms with van der Waals surface area (Å²) in [6, 6.07) is 11.0. The van der Waals surface area contributed by atoms with E-state index < -0.39 is 11.7 Å². The van der Waals surface area contributed by atoms with Crippen LogP contribution in [0.5, 0.6) is 5.75 Å². The molecule has 0 bridgehead atoms. The molecule has 0 aliphatic rings. The van der Waals surface area contributed by atoms with Gasteiger partial charge in [-0.15, -0.1) is 0 Å². The van der Waals surface area contributed by atoms with Gasteiger partial charge in [-0.25, -0.2) is 4.39 Å². The fourth-order valence-corrected chi connectivity index (χ4v) is 1.73. The average Bonchev–Trinajstić information content (AvgIpc) is 2.44. The summed E-state index contributed by atoms with van der Waals surface area (Å²) in [6.45, 7) is 2.47. The van der Waals surface area contributed by atoms with Gasteiger partial charge in [-0.1, -0.05) is 6.07 Å². The van der Waals surface area contributed by atoms with Crippen molar-refractivity contribution in [3.8, 4) is 5.75 Å². The maximum Gasteiger partial charge on any atom is 0.257 e. The first-order valence-electron chi connectivity index (χ1n) is 6.20. The number of carbonyl (C=O) groups excluding carboxylic acids is 1. The number of nitrogens with one attached hydrogen (secondary N) is 1. The zero-order valence-electron chi connectivity index (χ0n) is 11.0. The van der Waals surface area contributed by atoms with E-state index in [2.05, 4.69) is 5.32 Å². The highest BCUT2D eigenvalue weighted by molar-refractivity contribution is 6.07. The number of rotatable bonds is 4. The van der Waals surface area contributed by atoms with Crippen molar-refractivity contribution in [1.82, 2.24) is 0 Å². The van der Waals surface area contributed by atoms with Crippen LogP contribution in [0.4, 0.5) is 15.8 Å². The van der Waals surface area contributed by atoms with Gasteiger partial charge in [-0.05, 0) is 43.3 Å². The van der Waals surface area contributed by atoms with Gasteiger partial charge in [0.1, 0.15) is 11.6 Å². The normalized spacial score (nSPS) is 10.1. The third-order valence-corrected chi connectivity index (χ3v) is 2.72. The van der Waals surface area contributed by atoms with Gasteiger partial charge in [0.25, 0.3) is 5.91 Å². The minimum absolute atomic E-state index is 0.110. The summed E-state index contributed by atoms with van der Waals surface area (Å²) in [5, 5.41) is 2.65.